The van der Waals surface area contributed by atoms with E-state index >= 15 is 0 Å². The van der Waals surface area contributed by atoms with Gasteiger partial charge in [-0.15, -0.1) is 0 Å². The minimum Gasteiger partial charge on any atom is -0.487 e. The first kappa shape index (κ1) is 10.7. The van der Waals surface area contributed by atoms with Gasteiger partial charge in [0.1, 0.15) is 18.2 Å². The second-order valence-corrected chi connectivity index (χ2v) is 3.61. The molecule has 0 radical (unpaired) electrons. The molecule has 0 aliphatic heterocycles. The van der Waals surface area contributed by atoms with E-state index in [1.54, 1.807) is 24.7 Å². The Morgan fingerprint density at radius 3 is 3.00 bits per heavy atom. The molecule has 4 nitrogen and oxygen atoms in total. The molecule has 0 aliphatic carbocycles. The van der Waals surface area contributed by atoms with Gasteiger partial charge in [-0.2, -0.15) is 0 Å². The number of halogens is 1. The van der Waals surface area contributed by atoms with E-state index in [1.807, 2.05) is 12.1 Å². The quantitative estimate of drug-likeness (QED) is 0.887. The summed E-state index contributed by atoms with van der Waals surface area (Å²) >= 11 is 5.78. The van der Waals surface area contributed by atoms with Crippen LogP contribution >= 0.6 is 11.6 Å². The molecule has 2 N–H and O–H groups in total. The molecule has 82 valence electrons. The lowest BCUT2D eigenvalue weighted by Gasteiger charge is -2.07. The monoisotopic (exact) mass is 235 g/mol. The van der Waals surface area contributed by atoms with Gasteiger partial charge >= 0.3 is 0 Å². The van der Waals surface area contributed by atoms with Crippen LogP contribution in [0.25, 0.3) is 0 Å². The van der Waals surface area contributed by atoms with E-state index in [0.717, 1.165) is 5.56 Å². The molecular weight excluding hydrogens is 226 g/mol. The molecule has 0 aliphatic rings. The number of pyridine rings is 2. The minimum atomic E-state index is 0.349. The Bertz CT molecular complexity index is 490. The molecule has 2 rings (SSSR count). The van der Waals surface area contributed by atoms with Crippen LogP contribution in [0.4, 0.5) is 5.82 Å². The van der Waals surface area contributed by atoms with E-state index in [9.17, 15) is 0 Å². The number of ether oxygens (including phenoxy) is 1. The number of anilines is 1. The lowest BCUT2D eigenvalue weighted by molar-refractivity contribution is 0.305. The van der Waals surface area contributed by atoms with Crippen molar-refractivity contribution in [3.8, 4) is 5.75 Å². The van der Waals surface area contributed by atoms with Crippen molar-refractivity contribution in [3.63, 3.8) is 0 Å². The Hall–Kier alpha value is -1.81. The summed E-state index contributed by atoms with van der Waals surface area (Å²) in [6, 6.07) is 5.37. The molecule has 0 spiro atoms. The molecule has 2 aromatic heterocycles. The van der Waals surface area contributed by atoms with Crippen LogP contribution in [0.1, 0.15) is 5.56 Å². The van der Waals surface area contributed by atoms with E-state index in [-0.39, 0.29) is 0 Å². The number of rotatable bonds is 3. The predicted molar refractivity (Wildman–Crippen MR) is 62.2 cm³/mol. The Morgan fingerprint density at radius 2 is 2.25 bits per heavy atom. The molecule has 0 saturated heterocycles. The third-order valence-corrected chi connectivity index (χ3v) is 2.21. The van der Waals surface area contributed by atoms with Crippen LogP contribution in [0.5, 0.6) is 5.75 Å². The fourth-order valence-corrected chi connectivity index (χ4v) is 1.37. The van der Waals surface area contributed by atoms with Gasteiger partial charge in [0.2, 0.25) is 0 Å². The second kappa shape index (κ2) is 4.81. The van der Waals surface area contributed by atoms with Crippen molar-refractivity contribution in [2.75, 3.05) is 5.73 Å². The number of nitrogen functional groups attached to an aromatic ring is 1. The zero-order valence-electron chi connectivity index (χ0n) is 8.43. The molecular formula is C11H10ClN3O. The van der Waals surface area contributed by atoms with E-state index in [2.05, 4.69) is 9.97 Å². The number of hydrogen-bond donors (Lipinski definition) is 1. The van der Waals surface area contributed by atoms with Gasteiger partial charge in [-0.05, 0) is 6.07 Å². The Kier molecular flexibility index (Phi) is 3.22. The van der Waals surface area contributed by atoms with Gasteiger partial charge in [0.15, 0.2) is 0 Å². The van der Waals surface area contributed by atoms with Crippen molar-refractivity contribution < 1.29 is 4.74 Å². The summed E-state index contributed by atoms with van der Waals surface area (Å²) in [6.07, 6.45) is 4.78. The van der Waals surface area contributed by atoms with E-state index in [1.165, 1.54) is 0 Å². The fourth-order valence-electron chi connectivity index (χ4n) is 1.21. The van der Waals surface area contributed by atoms with Crippen LogP contribution in [0.2, 0.25) is 5.02 Å². The molecule has 2 heterocycles. The van der Waals surface area contributed by atoms with Gasteiger partial charge < -0.3 is 10.5 Å². The smallest absolute Gasteiger partial charge is 0.139 e. The van der Waals surface area contributed by atoms with Crippen molar-refractivity contribution >= 4 is 17.4 Å². The zero-order valence-corrected chi connectivity index (χ0v) is 9.19. The highest BCUT2D eigenvalue weighted by molar-refractivity contribution is 6.30. The number of nitrogens with zero attached hydrogens (tertiary/aromatic N) is 2. The molecule has 0 saturated carbocycles. The third-order valence-electron chi connectivity index (χ3n) is 2.00. The summed E-state index contributed by atoms with van der Waals surface area (Å²) in [4.78, 5) is 7.88. The van der Waals surface area contributed by atoms with Gasteiger partial charge in [0.05, 0.1) is 11.2 Å². The SMILES string of the molecule is Nc1ncccc1COc1cncc(Cl)c1. The number of hydrogen-bond acceptors (Lipinski definition) is 4. The van der Waals surface area contributed by atoms with Crippen LogP contribution in [0.3, 0.4) is 0 Å². The third kappa shape index (κ3) is 2.61. The highest BCUT2D eigenvalue weighted by atomic mass is 35.5. The molecule has 0 amide bonds. The summed E-state index contributed by atoms with van der Waals surface area (Å²) in [6.45, 7) is 0.349. The molecule has 16 heavy (non-hydrogen) atoms. The van der Waals surface area contributed by atoms with Gasteiger partial charge in [0.25, 0.3) is 0 Å². The van der Waals surface area contributed by atoms with Crippen LogP contribution in [-0.2, 0) is 6.61 Å². The molecule has 0 aromatic carbocycles. The number of nitrogens with two attached hydrogens (primary N) is 1. The molecule has 2 aromatic rings. The average Bonchev–Trinajstić information content (AvgIpc) is 2.28. The molecule has 0 unspecified atom stereocenters. The summed E-state index contributed by atoms with van der Waals surface area (Å²) in [5, 5.41) is 0.539. The summed E-state index contributed by atoms with van der Waals surface area (Å²) in [5.41, 5.74) is 6.52. The van der Waals surface area contributed by atoms with Crippen LogP contribution < -0.4 is 10.5 Å². The zero-order chi connectivity index (χ0) is 11.4. The normalized spacial score (nSPS) is 10.1. The summed E-state index contributed by atoms with van der Waals surface area (Å²) in [5.74, 6) is 1.08. The van der Waals surface area contributed by atoms with Gasteiger partial charge in [-0.1, -0.05) is 17.7 Å². The maximum atomic E-state index is 5.78. The molecule has 0 fully saturated rings. The standard InChI is InChI=1S/C11H10ClN3O/c12-9-4-10(6-14-5-9)16-7-8-2-1-3-15-11(8)13/h1-6H,7H2,(H2,13,15). The predicted octanol–water partition coefficient (Wildman–Crippen LogP) is 2.29. The first-order valence-electron chi connectivity index (χ1n) is 4.68. The van der Waals surface area contributed by atoms with Crippen molar-refractivity contribution in [2.45, 2.75) is 6.61 Å². The van der Waals surface area contributed by atoms with Gasteiger partial charge in [-0.3, -0.25) is 4.98 Å². The highest BCUT2D eigenvalue weighted by Gasteiger charge is 2.01. The Labute approximate surface area is 98.0 Å². The van der Waals surface area contributed by atoms with Crippen LogP contribution in [-0.4, -0.2) is 9.97 Å². The summed E-state index contributed by atoms with van der Waals surface area (Å²) in [7, 11) is 0. The maximum Gasteiger partial charge on any atom is 0.139 e. The van der Waals surface area contributed by atoms with Crippen molar-refractivity contribution in [1.29, 1.82) is 0 Å². The second-order valence-electron chi connectivity index (χ2n) is 3.18. The molecule has 0 bridgehead atoms. The van der Waals surface area contributed by atoms with E-state index < -0.39 is 0 Å². The average molecular weight is 236 g/mol. The molecule has 5 heteroatoms. The van der Waals surface area contributed by atoms with E-state index in [4.69, 9.17) is 22.1 Å². The number of aromatic nitrogens is 2. The first-order chi connectivity index (χ1) is 7.75. The lowest BCUT2D eigenvalue weighted by atomic mass is 10.3. The molecule has 0 atom stereocenters. The van der Waals surface area contributed by atoms with Crippen molar-refractivity contribution in [2.24, 2.45) is 0 Å². The fraction of sp³-hybridized carbons (Fsp3) is 0.0909. The van der Waals surface area contributed by atoms with Gasteiger partial charge in [-0.25, -0.2) is 4.98 Å². The van der Waals surface area contributed by atoms with Crippen molar-refractivity contribution in [3.05, 3.63) is 47.4 Å². The topological polar surface area (TPSA) is 61.0 Å². The minimum absolute atomic E-state index is 0.349. The largest absolute Gasteiger partial charge is 0.487 e. The Balaban J connectivity index is 2.05. The van der Waals surface area contributed by atoms with Crippen LogP contribution in [0.15, 0.2) is 36.8 Å². The Morgan fingerprint density at radius 1 is 1.38 bits per heavy atom. The van der Waals surface area contributed by atoms with E-state index in [0.29, 0.717) is 23.2 Å². The first-order valence-corrected chi connectivity index (χ1v) is 5.06. The maximum absolute atomic E-state index is 5.78. The van der Waals surface area contributed by atoms with Crippen molar-refractivity contribution in [1.82, 2.24) is 9.97 Å². The highest BCUT2D eigenvalue weighted by Crippen LogP contribution is 2.17. The summed E-state index contributed by atoms with van der Waals surface area (Å²) < 4.78 is 5.49. The van der Waals surface area contributed by atoms with Gasteiger partial charge in [0, 0.05) is 24.0 Å². The lowest BCUT2D eigenvalue weighted by Crippen LogP contribution is -2.01. The van der Waals surface area contributed by atoms with Crippen LogP contribution in [0, 0.1) is 0 Å².